The molecular weight excluding hydrogens is 282 g/mol. The summed E-state index contributed by atoms with van der Waals surface area (Å²) in [5, 5.41) is 6.82. The number of hydrogen-bond acceptors (Lipinski definition) is 4. The van der Waals surface area contributed by atoms with Crippen molar-refractivity contribution in [2.75, 3.05) is 11.9 Å². The van der Waals surface area contributed by atoms with E-state index >= 15 is 0 Å². The van der Waals surface area contributed by atoms with Crippen LogP contribution in [0, 0.1) is 0 Å². The van der Waals surface area contributed by atoms with Gasteiger partial charge in [-0.2, -0.15) is 5.10 Å². The summed E-state index contributed by atoms with van der Waals surface area (Å²) in [6, 6.07) is 9.86. The summed E-state index contributed by atoms with van der Waals surface area (Å²) in [7, 11) is 0. The molecule has 1 aromatic carbocycles. The highest BCUT2D eigenvalue weighted by molar-refractivity contribution is 6.02. The third-order valence-electron chi connectivity index (χ3n) is 2.96. The zero-order chi connectivity index (χ0) is 15.9. The molecule has 1 amide bonds. The predicted octanol–water partition coefficient (Wildman–Crippen LogP) is 2.30. The van der Waals surface area contributed by atoms with E-state index in [2.05, 4.69) is 10.4 Å². The molecule has 2 rings (SSSR count). The third-order valence-corrected chi connectivity index (χ3v) is 2.96. The predicted molar refractivity (Wildman–Crippen MR) is 84.4 cm³/mol. The molecule has 0 aliphatic rings. The Balaban J connectivity index is 2.11. The zero-order valence-electron chi connectivity index (χ0n) is 12.7. The number of nitrogens with zero attached hydrogens (tertiary/aromatic N) is 2. The zero-order valence-corrected chi connectivity index (χ0v) is 12.7. The molecule has 0 aliphatic carbocycles. The minimum Gasteiger partial charge on any atom is -0.494 e. The maximum absolute atomic E-state index is 12.2. The number of benzene rings is 1. The molecule has 1 N–H and O–H groups in total. The second kappa shape index (κ2) is 7.40. The molecule has 0 unspecified atom stereocenters. The summed E-state index contributed by atoms with van der Waals surface area (Å²) >= 11 is 0. The molecule has 0 aliphatic heterocycles. The van der Waals surface area contributed by atoms with Crippen LogP contribution in [0.2, 0.25) is 0 Å². The SMILES string of the molecule is CCCn1nc(C(=O)Nc2ccc(OCC)cc2)ccc1=O. The molecule has 1 heterocycles. The van der Waals surface area contributed by atoms with Crippen molar-refractivity contribution in [2.45, 2.75) is 26.8 Å². The molecule has 6 nitrogen and oxygen atoms in total. The number of carbonyl (C=O) groups is 1. The van der Waals surface area contributed by atoms with Gasteiger partial charge >= 0.3 is 0 Å². The number of amides is 1. The van der Waals surface area contributed by atoms with E-state index in [0.717, 1.165) is 12.2 Å². The summed E-state index contributed by atoms with van der Waals surface area (Å²) in [5.74, 6) is 0.393. The molecule has 2 aromatic rings. The van der Waals surface area contributed by atoms with Gasteiger partial charge in [0.2, 0.25) is 0 Å². The standard InChI is InChI=1S/C16H19N3O3/c1-3-11-19-15(20)10-9-14(18-19)16(21)17-12-5-7-13(8-6-12)22-4-2/h5-10H,3-4,11H2,1-2H3,(H,17,21). The van der Waals surface area contributed by atoms with Crippen LogP contribution in [0.3, 0.4) is 0 Å². The van der Waals surface area contributed by atoms with E-state index in [9.17, 15) is 9.59 Å². The number of rotatable bonds is 6. The van der Waals surface area contributed by atoms with Crippen molar-refractivity contribution in [3.63, 3.8) is 0 Å². The monoisotopic (exact) mass is 301 g/mol. The Hall–Kier alpha value is -2.63. The van der Waals surface area contributed by atoms with Crippen molar-refractivity contribution < 1.29 is 9.53 Å². The van der Waals surface area contributed by atoms with Gasteiger partial charge in [0.15, 0.2) is 0 Å². The molecule has 0 atom stereocenters. The van der Waals surface area contributed by atoms with Gasteiger partial charge in [-0.15, -0.1) is 0 Å². The highest BCUT2D eigenvalue weighted by Crippen LogP contribution is 2.16. The molecule has 1 aromatic heterocycles. The van der Waals surface area contributed by atoms with Crippen LogP contribution in [-0.4, -0.2) is 22.3 Å². The molecule has 0 bridgehead atoms. The lowest BCUT2D eigenvalue weighted by atomic mass is 10.3. The highest BCUT2D eigenvalue weighted by Gasteiger charge is 2.10. The first kappa shape index (κ1) is 15.8. The normalized spacial score (nSPS) is 10.3. The van der Waals surface area contributed by atoms with Gasteiger partial charge in [0.05, 0.1) is 6.61 Å². The Morgan fingerprint density at radius 2 is 1.91 bits per heavy atom. The van der Waals surface area contributed by atoms with Crippen LogP contribution in [0.4, 0.5) is 5.69 Å². The van der Waals surface area contributed by atoms with E-state index in [1.54, 1.807) is 24.3 Å². The van der Waals surface area contributed by atoms with Crippen molar-refractivity contribution in [3.8, 4) is 5.75 Å². The minimum atomic E-state index is -0.353. The number of aryl methyl sites for hydroxylation is 1. The lowest BCUT2D eigenvalue weighted by Crippen LogP contribution is -2.26. The maximum Gasteiger partial charge on any atom is 0.276 e. The van der Waals surface area contributed by atoms with Crippen LogP contribution in [-0.2, 0) is 6.54 Å². The average molecular weight is 301 g/mol. The summed E-state index contributed by atoms with van der Waals surface area (Å²) in [4.78, 5) is 23.8. The smallest absolute Gasteiger partial charge is 0.276 e. The van der Waals surface area contributed by atoms with Crippen LogP contribution >= 0.6 is 0 Å². The van der Waals surface area contributed by atoms with Gasteiger partial charge in [0.25, 0.3) is 11.5 Å². The Bertz CT molecular complexity index is 693. The highest BCUT2D eigenvalue weighted by atomic mass is 16.5. The van der Waals surface area contributed by atoms with Crippen molar-refractivity contribution in [1.82, 2.24) is 9.78 Å². The van der Waals surface area contributed by atoms with Crippen molar-refractivity contribution in [3.05, 3.63) is 52.4 Å². The van der Waals surface area contributed by atoms with Crippen molar-refractivity contribution in [2.24, 2.45) is 0 Å². The average Bonchev–Trinajstić information content (AvgIpc) is 2.52. The van der Waals surface area contributed by atoms with Crippen LogP contribution in [0.5, 0.6) is 5.75 Å². The van der Waals surface area contributed by atoms with Gasteiger partial charge in [0.1, 0.15) is 11.4 Å². The lowest BCUT2D eigenvalue weighted by molar-refractivity contribution is 0.101. The molecule has 0 saturated carbocycles. The summed E-state index contributed by atoms with van der Waals surface area (Å²) in [5.41, 5.74) is 0.643. The first-order chi connectivity index (χ1) is 10.6. The second-order valence-corrected chi connectivity index (χ2v) is 4.69. The number of ether oxygens (including phenoxy) is 1. The fourth-order valence-corrected chi connectivity index (χ4v) is 1.94. The van der Waals surface area contributed by atoms with Crippen LogP contribution in [0.15, 0.2) is 41.2 Å². The van der Waals surface area contributed by atoms with Gasteiger partial charge in [-0.1, -0.05) is 6.92 Å². The van der Waals surface area contributed by atoms with E-state index in [0.29, 0.717) is 18.8 Å². The quantitative estimate of drug-likeness (QED) is 0.888. The Labute approximate surface area is 128 Å². The van der Waals surface area contributed by atoms with Crippen molar-refractivity contribution >= 4 is 11.6 Å². The number of hydrogen-bond donors (Lipinski definition) is 1. The van der Waals surface area contributed by atoms with Gasteiger partial charge in [-0.05, 0) is 43.7 Å². The summed E-state index contributed by atoms with van der Waals surface area (Å²) in [6.07, 6.45) is 0.775. The van der Waals surface area contributed by atoms with Crippen LogP contribution in [0.25, 0.3) is 0 Å². The van der Waals surface area contributed by atoms with E-state index in [1.165, 1.54) is 16.8 Å². The molecule has 116 valence electrons. The minimum absolute atomic E-state index is 0.209. The van der Waals surface area contributed by atoms with Crippen LogP contribution < -0.4 is 15.6 Å². The second-order valence-electron chi connectivity index (χ2n) is 4.69. The van der Waals surface area contributed by atoms with Crippen molar-refractivity contribution in [1.29, 1.82) is 0 Å². The third kappa shape index (κ3) is 3.94. The summed E-state index contributed by atoms with van der Waals surface area (Å²) in [6.45, 7) is 4.94. The maximum atomic E-state index is 12.2. The number of nitrogens with one attached hydrogen (secondary N) is 1. The molecule has 0 radical (unpaired) electrons. The van der Waals surface area contributed by atoms with Gasteiger partial charge in [-0.3, -0.25) is 9.59 Å². The van der Waals surface area contributed by atoms with E-state index < -0.39 is 0 Å². The fraction of sp³-hybridized carbons (Fsp3) is 0.312. The molecule has 22 heavy (non-hydrogen) atoms. The number of carbonyl (C=O) groups excluding carboxylic acids is 1. The summed E-state index contributed by atoms with van der Waals surface area (Å²) < 4.78 is 6.64. The largest absolute Gasteiger partial charge is 0.494 e. The number of aromatic nitrogens is 2. The Morgan fingerprint density at radius 3 is 2.55 bits per heavy atom. The fourth-order valence-electron chi connectivity index (χ4n) is 1.94. The Morgan fingerprint density at radius 1 is 1.18 bits per heavy atom. The molecule has 6 heteroatoms. The topological polar surface area (TPSA) is 73.2 Å². The number of anilines is 1. The van der Waals surface area contributed by atoms with Crippen LogP contribution in [0.1, 0.15) is 30.8 Å². The molecule has 0 spiro atoms. The molecule has 0 fully saturated rings. The van der Waals surface area contributed by atoms with Gasteiger partial charge in [-0.25, -0.2) is 4.68 Å². The van der Waals surface area contributed by atoms with E-state index in [1.807, 2.05) is 13.8 Å². The first-order valence-corrected chi connectivity index (χ1v) is 7.26. The lowest BCUT2D eigenvalue weighted by Gasteiger charge is -2.08. The van der Waals surface area contributed by atoms with Gasteiger partial charge < -0.3 is 10.1 Å². The Kier molecular flexibility index (Phi) is 5.30. The molecular formula is C16H19N3O3. The van der Waals surface area contributed by atoms with Gasteiger partial charge in [0, 0.05) is 18.3 Å². The first-order valence-electron chi connectivity index (χ1n) is 7.26. The van der Waals surface area contributed by atoms with E-state index in [-0.39, 0.29) is 17.2 Å². The van der Waals surface area contributed by atoms with E-state index in [4.69, 9.17) is 4.74 Å². The molecule has 0 saturated heterocycles.